The van der Waals surface area contributed by atoms with Crippen molar-refractivity contribution in [2.45, 2.75) is 39.5 Å². The molecule has 0 aliphatic carbocycles. The minimum Gasteiger partial charge on any atom is -0.441 e. The molecule has 30 heavy (non-hydrogen) atoms. The minimum absolute atomic E-state index is 0.000439. The van der Waals surface area contributed by atoms with Crippen LogP contribution in [-0.4, -0.2) is 30.0 Å². The second-order valence-corrected chi connectivity index (χ2v) is 8.27. The quantitative estimate of drug-likeness (QED) is 0.457. The van der Waals surface area contributed by atoms with Gasteiger partial charge in [0, 0.05) is 19.2 Å². The van der Waals surface area contributed by atoms with Crippen LogP contribution in [0.15, 0.2) is 40.3 Å². The number of nitrogens with zero attached hydrogens (tertiary/aromatic N) is 2. The Bertz CT molecular complexity index is 1010. The third-order valence-electron chi connectivity index (χ3n) is 5.38. The summed E-state index contributed by atoms with van der Waals surface area (Å²) in [5.41, 5.74) is 2.66. The second-order valence-electron chi connectivity index (χ2n) is 7.88. The number of amides is 2. The van der Waals surface area contributed by atoms with Crippen molar-refractivity contribution in [3.05, 3.63) is 52.8 Å². The molecule has 7 heteroatoms. The lowest BCUT2D eigenvalue weighted by atomic mass is 10.1. The van der Waals surface area contributed by atoms with E-state index < -0.39 is 11.8 Å². The SMILES string of the molecule is Cc1cc(C)cc(N2C(=O)/C(=C/c3ccc(N4CCCCCC4)o3)C(=O)NC2=S)c1. The predicted octanol–water partition coefficient (Wildman–Crippen LogP) is 4.11. The molecule has 3 heterocycles. The lowest BCUT2D eigenvalue weighted by Crippen LogP contribution is -2.54. The van der Waals surface area contributed by atoms with Crippen molar-refractivity contribution >= 4 is 46.8 Å². The minimum atomic E-state index is -0.515. The molecule has 0 unspecified atom stereocenters. The smallest absolute Gasteiger partial charge is 0.270 e. The number of benzene rings is 1. The van der Waals surface area contributed by atoms with Crippen molar-refractivity contribution in [3.8, 4) is 0 Å². The maximum atomic E-state index is 13.2. The van der Waals surface area contributed by atoms with Crippen LogP contribution in [0, 0.1) is 13.8 Å². The van der Waals surface area contributed by atoms with Crippen LogP contribution in [0.1, 0.15) is 42.6 Å². The van der Waals surface area contributed by atoms with Crippen molar-refractivity contribution in [3.63, 3.8) is 0 Å². The van der Waals surface area contributed by atoms with E-state index in [0.29, 0.717) is 11.4 Å². The van der Waals surface area contributed by atoms with Gasteiger partial charge < -0.3 is 9.32 Å². The number of furan rings is 1. The average Bonchev–Trinajstić information content (AvgIpc) is 2.97. The number of hydrogen-bond donors (Lipinski definition) is 1. The molecule has 0 bridgehead atoms. The number of carbonyl (C=O) groups is 2. The van der Waals surface area contributed by atoms with E-state index in [2.05, 4.69) is 10.2 Å². The van der Waals surface area contributed by atoms with Gasteiger partial charge in [0.1, 0.15) is 11.3 Å². The van der Waals surface area contributed by atoms with Gasteiger partial charge >= 0.3 is 0 Å². The number of thiocarbonyl (C=S) groups is 1. The first kappa shape index (κ1) is 20.3. The Labute approximate surface area is 181 Å². The molecule has 2 aliphatic rings. The van der Waals surface area contributed by atoms with E-state index in [0.717, 1.165) is 42.9 Å². The number of anilines is 2. The van der Waals surface area contributed by atoms with Gasteiger partial charge in [-0.05, 0) is 74.3 Å². The molecule has 2 aromatic rings. The van der Waals surface area contributed by atoms with Crippen molar-refractivity contribution in [2.75, 3.05) is 22.9 Å². The zero-order valence-electron chi connectivity index (χ0n) is 17.2. The normalized spacial score (nSPS) is 19.3. The maximum Gasteiger partial charge on any atom is 0.270 e. The van der Waals surface area contributed by atoms with Crippen LogP contribution < -0.4 is 15.1 Å². The van der Waals surface area contributed by atoms with Gasteiger partial charge in [-0.15, -0.1) is 0 Å². The van der Waals surface area contributed by atoms with Crippen molar-refractivity contribution in [1.29, 1.82) is 0 Å². The fourth-order valence-corrected chi connectivity index (χ4v) is 4.28. The Balaban J connectivity index is 1.63. The molecular formula is C23H25N3O3S. The molecular weight excluding hydrogens is 398 g/mol. The van der Waals surface area contributed by atoms with Crippen LogP contribution in [0.5, 0.6) is 0 Å². The summed E-state index contributed by atoms with van der Waals surface area (Å²) in [6.07, 6.45) is 6.24. The van der Waals surface area contributed by atoms with Gasteiger partial charge in [0.25, 0.3) is 11.8 Å². The number of nitrogens with one attached hydrogen (secondary N) is 1. The summed E-state index contributed by atoms with van der Waals surface area (Å²) in [4.78, 5) is 29.3. The van der Waals surface area contributed by atoms with Crippen LogP contribution in [0.25, 0.3) is 6.08 Å². The fraction of sp³-hybridized carbons (Fsp3) is 0.348. The van der Waals surface area contributed by atoms with Gasteiger partial charge in [-0.3, -0.25) is 19.8 Å². The van der Waals surface area contributed by atoms with Crippen molar-refractivity contribution in [1.82, 2.24) is 5.32 Å². The third kappa shape index (κ3) is 4.16. The standard InChI is InChI=1S/C23H25N3O3S/c1-15-11-16(2)13-17(12-15)26-22(28)19(21(27)24-23(26)30)14-18-7-8-20(29-18)25-9-5-3-4-6-10-25/h7-8,11-14H,3-6,9-10H2,1-2H3,(H,24,27,30)/b19-14+. The number of rotatable bonds is 3. The van der Waals surface area contributed by atoms with Crippen LogP contribution >= 0.6 is 12.2 Å². The van der Waals surface area contributed by atoms with Crippen molar-refractivity contribution in [2.24, 2.45) is 0 Å². The van der Waals surface area contributed by atoms with Crippen LogP contribution in [0.3, 0.4) is 0 Å². The molecule has 1 aromatic heterocycles. The molecule has 4 rings (SSSR count). The van der Waals surface area contributed by atoms with E-state index >= 15 is 0 Å². The highest BCUT2D eigenvalue weighted by Crippen LogP contribution is 2.27. The summed E-state index contributed by atoms with van der Waals surface area (Å²) in [6, 6.07) is 9.45. The average molecular weight is 424 g/mol. The molecule has 0 spiro atoms. The first-order valence-electron chi connectivity index (χ1n) is 10.3. The summed E-state index contributed by atoms with van der Waals surface area (Å²) >= 11 is 5.29. The van der Waals surface area contributed by atoms with Gasteiger partial charge in [-0.2, -0.15) is 0 Å². The first-order chi connectivity index (χ1) is 14.4. The Kier molecular flexibility index (Phi) is 5.72. The van der Waals surface area contributed by atoms with E-state index in [9.17, 15) is 9.59 Å². The summed E-state index contributed by atoms with van der Waals surface area (Å²) in [6.45, 7) is 5.82. The Hall–Kier alpha value is -2.93. The molecule has 0 atom stereocenters. The maximum absolute atomic E-state index is 13.2. The van der Waals surface area contributed by atoms with Crippen LogP contribution in [0.2, 0.25) is 0 Å². The van der Waals surface area contributed by atoms with E-state index in [1.165, 1.54) is 23.8 Å². The van der Waals surface area contributed by atoms with E-state index in [1.54, 1.807) is 6.07 Å². The summed E-state index contributed by atoms with van der Waals surface area (Å²) in [7, 11) is 0. The predicted molar refractivity (Wildman–Crippen MR) is 122 cm³/mol. The molecule has 2 saturated heterocycles. The summed E-state index contributed by atoms with van der Waals surface area (Å²) in [5, 5.41) is 2.70. The fourth-order valence-electron chi connectivity index (χ4n) is 3.99. The van der Waals surface area contributed by atoms with Gasteiger partial charge in [0.2, 0.25) is 0 Å². The van der Waals surface area contributed by atoms with Crippen LogP contribution in [0.4, 0.5) is 11.6 Å². The molecule has 6 nitrogen and oxygen atoms in total. The second kappa shape index (κ2) is 8.44. The highest BCUT2D eigenvalue weighted by molar-refractivity contribution is 7.80. The summed E-state index contributed by atoms with van der Waals surface area (Å²) < 4.78 is 5.95. The highest BCUT2D eigenvalue weighted by atomic mass is 32.1. The molecule has 1 N–H and O–H groups in total. The highest BCUT2D eigenvalue weighted by Gasteiger charge is 2.35. The molecule has 0 radical (unpaired) electrons. The number of aryl methyl sites for hydroxylation is 2. The topological polar surface area (TPSA) is 65.8 Å². The largest absolute Gasteiger partial charge is 0.441 e. The van der Waals surface area contributed by atoms with E-state index in [1.807, 2.05) is 38.1 Å². The van der Waals surface area contributed by atoms with Crippen LogP contribution in [-0.2, 0) is 9.59 Å². The van der Waals surface area contributed by atoms with Gasteiger partial charge in [0.15, 0.2) is 11.0 Å². The number of hydrogen-bond acceptors (Lipinski definition) is 5. The molecule has 156 valence electrons. The Morgan fingerprint density at radius 1 is 1.00 bits per heavy atom. The number of carbonyl (C=O) groups excluding carboxylic acids is 2. The molecule has 2 aliphatic heterocycles. The molecule has 2 fully saturated rings. The van der Waals surface area contributed by atoms with E-state index in [-0.39, 0.29) is 10.7 Å². The Morgan fingerprint density at radius 3 is 2.33 bits per heavy atom. The Morgan fingerprint density at radius 2 is 1.67 bits per heavy atom. The zero-order valence-corrected chi connectivity index (χ0v) is 18.1. The molecule has 0 saturated carbocycles. The van der Waals surface area contributed by atoms with Gasteiger partial charge in [-0.25, -0.2) is 0 Å². The van der Waals surface area contributed by atoms with Gasteiger partial charge in [-0.1, -0.05) is 18.9 Å². The molecule has 1 aromatic carbocycles. The molecule has 2 amide bonds. The monoisotopic (exact) mass is 423 g/mol. The summed E-state index contributed by atoms with van der Waals surface area (Å²) in [5.74, 6) is 0.273. The lowest BCUT2D eigenvalue weighted by molar-refractivity contribution is -0.122. The lowest BCUT2D eigenvalue weighted by Gasteiger charge is -2.29. The van der Waals surface area contributed by atoms with E-state index in [4.69, 9.17) is 16.6 Å². The van der Waals surface area contributed by atoms with Gasteiger partial charge in [0.05, 0.1) is 5.69 Å². The first-order valence-corrected chi connectivity index (χ1v) is 10.7. The van der Waals surface area contributed by atoms with Crippen molar-refractivity contribution < 1.29 is 14.0 Å². The zero-order chi connectivity index (χ0) is 21.3. The third-order valence-corrected chi connectivity index (χ3v) is 5.67.